The zero-order valence-electron chi connectivity index (χ0n) is 16.3. The minimum absolute atomic E-state index is 0.297. The summed E-state index contributed by atoms with van der Waals surface area (Å²) in [4.78, 5) is 8.85. The molecule has 3 aromatic rings. The van der Waals surface area contributed by atoms with Gasteiger partial charge in [-0.1, -0.05) is 48.5 Å². The van der Waals surface area contributed by atoms with Crippen molar-refractivity contribution in [3.63, 3.8) is 0 Å². The van der Waals surface area contributed by atoms with Gasteiger partial charge in [0, 0.05) is 25.0 Å². The van der Waals surface area contributed by atoms with Crippen molar-refractivity contribution in [2.45, 2.75) is 24.6 Å². The Bertz CT molecular complexity index is 962. The number of rotatable bonds is 4. The van der Waals surface area contributed by atoms with Crippen molar-refractivity contribution >= 4 is 10.9 Å². The third kappa shape index (κ3) is 3.30. The Labute approximate surface area is 165 Å². The van der Waals surface area contributed by atoms with Crippen molar-refractivity contribution in [1.29, 1.82) is 0 Å². The van der Waals surface area contributed by atoms with Crippen LogP contribution in [0.5, 0.6) is 0 Å². The van der Waals surface area contributed by atoms with Crippen molar-refractivity contribution in [3.8, 4) is 0 Å². The molecule has 2 atom stereocenters. The van der Waals surface area contributed by atoms with E-state index >= 15 is 0 Å². The molecule has 1 aromatic heterocycles. The van der Waals surface area contributed by atoms with Crippen molar-refractivity contribution in [2.24, 2.45) is 0 Å². The molecule has 0 unspecified atom stereocenters. The Morgan fingerprint density at radius 2 is 1.89 bits per heavy atom. The molecule has 0 amide bonds. The number of likely N-dealkylation sites (tertiary alicyclic amines) is 1. The van der Waals surface area contributed by atoms with E-state index in [0.29, 0.717) is 18.6 Å². The van der Waals surface area contributed by atoms with Crippen LogP contribution in [0.15, 0.2) is 60.7 Å². The summed E-state index contributed by atoms with van der Waals surface area (Å²) in [6.45, 7) is 1.98. The van der Waals surface area contributed by atoms with Crippen LogP contribution in [0.3, 0.4) is 0 Å². The Balaban J connectivity index is 1.55. The van der Waals surface area contributed by atoms with Gasteiger partial charge in [0.1, 0.15) is 11.3 Å². The number of halogens is 1. The van der Waals surface area contributed by atoms with Crippen LogP contribution in [0.4, 0.5) is 4.39 Å². The van der Waals surface area contributed by atoms with Gasteiger partial charge in [-0.05, 0) is 38.2 Å². The summed E-state index contributed by atoms with van der Waals surface area (Å²) in [5, 5.41) is 11.9. The second-order valence-electron chi connectivity index (χ2n) is 7.80. The normalized spacial score (nSPS) is 23.4. The second kappa shape index (κ2) is 7.59. The topological polar surface area (TPSA) is 39.6 Å². The Kier molecular flexibility index (Phi) is 5.15. The molecule has 5 heteroatoms. The van der Waals surface area contributed by atoms with Crippen LogP contribution in [0.1, 0.15) is 17.7 Å². The molecule has 4 rings (SSSR count). The number of aliphatic hydroxyl groups is 1. The number of hydrogen-bond acceptors (Lipinski definition) is 4. The minimum Gasteiger partial charge on any atom is -0.389 e. The maximum absolute atomic E-state index is 14.1. The lowest BCUT2D eigenvalue weighted by Crippen LogP contribution is -2.59. The van der Waals surface area contributed by atoms with E-state index < -0.39 is 11.6 Å². The van der Waals surface area contributed by atoms with Gasteiger partial charge in [0.05, 0.1) is 17.3 Å². The highest BCUT2D eigenvalue weighted by Gasteiger charge is 2.45. The van der Waals surface area contributed by atoms with E-state index in [4.69, 9.17) is 0 Å². The molecule has 4 nitrogen and oxygen atoms in total. The molecule has 1 saturated heterocycles. The van der Waals surface area contributed by atoms with Gasteiger partial charge in [0.15, 0.2) is 0 Å². The van der Waals surface area contributed by atoms with E-state index in [0.717, 1.165) is 29.6 Å². The summed E-state index contributed by atoms with van der Waals surface area (Å²) in [5.74, 6) is -0.297. The van der Waals surface area contributed by atoms with Crippen LogP contribution in [0.2, 0.25) is 0 Å². The first kappa shape index (κ1) is 19.0. The van der Waals surface area contributed by atoms with Crippen molar-refractivity contribution in [2.75, 3.05) is 27.2 Å². The maximum atomic E-state index is 14.1. The number of pyridine rings is 1. The van der Waals surface area contributed by atoms with Crippen LogP contribution in [0, 0.1) is 5.82 Å². The maximum Gasteiger partial charge on any atom is 0.149 e. The highest BCUT2D eigenvalue weighted by molar-refractivity contribution is 5.79. The molecule has 0 spiro atoms. The number of β-amino-alcohol motifs (C(OH)–C–C–N with tert-alkyl or cyclic N) is 1. The molecule has 0 bridgehead atoms. The summed E-state index contributed by atoms with van der Waals surface area (Å²) >= 11 is 0. The largest absolute Gasteiger partial charge is 0.389 e. The Morgan fingerprint density at radius 3 is 2.61 bits per heavy atom. The van der Waals surface area contributed by atoms with Crippen molar-refractivity contribution in [3.05, 3.63) is 77.7 Å². The van der Waals surface area contributed by atoms with Crippen molar-refractivity contribution in [1.82, 2.24) is 14.8 Å². The average Bonchev–Trinajstić information content (AvgIpc) is 2.69. The monoisotopic (exact) mass is 379 g/mol. The standard InChI is InChI=1S/C23H26FN3O/c1-26(2)23(18-8-4-3-5-9-18)13-14-27(16-21(23)28)15-19-12-11-17-7-6-10-20(24)22(17)25-19/h3-12,21,28H,13-16H2,1-2H3/t21-,23+/m1/s1. The minimum atomic E-state index is -0.532. The van der Waals surface area contributed by atoms with Gasteiger partial charge < -0.3 is 5.11 Å². The molecular weight excluding hydrogens is 353 g/mol. The predicted octanol–water partition coefficient (Wildman–Crippen LogP) is 3.40. The highest BCUT2D eigenvalue weighted by atomic mass is 19.1. The summed E-state index contributed by atoms with van der Waals surface area (Å²) in [7, 11) is 4.05. The number of aromatic nitrogens is 1. The fourth-order valence-electron chi connectivity index (χ4n) is 4.44. The number of piperidine rings is 1. The number of para-hydroxylation sites is 1. The van der Waals surface area contributed by atoms with Gasteiger partial charge in [-0.25, -0.2) is 9.37 Å². The van der Waals surface area contributed by atoms with Crippen LogP contribution in [-0.2, 0) is 12.1 Å². The molecule has 1 fully saturated rings. The van der Waals surface area contributed by atoms with E-state index in [9.17, 15) is 9.50 Å². The number of benzene rings is 2. The zero-order valence-corrected chi connectivity index (χ0v) is 16.3. The first-order valence-electron chi connectivity index (χ1n) is 9.68. The summed E-state index contributed by atoms with van der Waals surface area (Å²) in [6.07, 6.45) is 0.281. The molecule has 0 aliphatic carbocycles. The van der Waals surface area contributed by atoms with Crippen molar-refractivity contribution < 1.29 is 9.50 Å². The van der Waals surface area contributed by atoms with Crippen LogP contribution in [-0.4, -0.2) is 53.2 Å². The van der Waals surface area contributed by atoms with E-state index in [1.54, 1.807) is 6.07 Å². The smallest absolute Gasteiger partial charge is 0.149 e. The molecule has 1 aliphatic heterocycles. The van der Waals surface area contributed by atoms with E-state index in [1.165, 1.54) is 6.07 Å². The summed E-state index contributed by atoms with van der Waals surface area (Å²) < 4.78 is 14.1. The molecule has 146 valence electrons. The number of aliphatic hydroxyl groups excluding tert-OH is 1. The lowest BCUT2D eigenvalue weighted by atomic mass is 9.77. The number of fused-ring (bicyclic) bond motifs is 1. The summed E-state index contributed by atoms with van der Waals surface area (Å²) in [6, 6.07) is 19.1. The van der Waals surface area contributed by atoms with Gasteiger partial charge in [-0.2, -0.15) is 0 Å². The third-order valence-electron chi connectivity index (χ3n) is 5.98. The molecule has 1 N–H and O–H groups in total. The van der Waals surface area contributed by atoms with E-state index in [1.807, 2.05) is 50.5 Å². The van der Waals surface area contributed by atoms with Crippen LogP contribution < -0.4 is 0 Å². The Hall–Kier alpha value is -2.34. The van der Waals surface area contributed by atoms with Gasteiger partial charge in [0.2, 0.25) is 0 Å². The van der Waals surface area contributed by atoms with Gasteiger partial charge in [0.25, 0.3) is 0 Å². The fraction of sp³-hybridized carbons (Fsp3) is 0.348. The average molecular weight is 379 g/mol. The third-order valence-corrected chi connectivity index (χ3v) is 5.98. The molecule has 0 radical (unpaired) electrons. The number of likely N-dealkylation sites (N-methyl/N-ethyl adjacent to an activating group) is 1. The number of nitrogens with zero attached hydrogens (tertiary/aromatic N) is 3. The molecule has 1 aliphatic rings. The second-order valence-corrected chi connectivity index (χ2v) is 7.80. The Morgan fingerprint density at radius 1 is 1.11 bits per heavy atom. The van der Waals surface area contributed by atoms with E-state index in [2.05, 4.69) is 26.9 Å². The lowest BCUT2D eigenvalue weighted by Gasteiger charge is -2.49. The van der Waals surface area contributed by atoms with Gasteiger partial charge in [-0.15, -0.1) is 0 Å². The predicted molar refractivity (Wildman–Crippen MR) is 109 cm³/mol. The first-order chi connectivity index (χ1) is 13.5. The van der Waals surface area contributed by atoms with E-state index in [-0.39, 0.29) is 5.82 Å². The molecular formula is C23H26FN3O. The lowest BCUT2D eigenvalue weighted by molar-refractivity contribution is -0.0704. The van der Waals surface area contributed by atoms with Crippen LogP contribution >= 0.6 is 0 Å². The molecule has 2 aromatic carbocycles. The molecule has 0 saturated carbocycles. The number of hydrogen-bond donors (Lipinski definition) is 1. The molecule has 28 heavy (non-hydrogen) atoms. The first-order valence-corrected chi connectivity index (χ1v) is 9.68. The van der Waals surface area contributed by atoms with Gasteiger partial charge >= 0.3 is 0 Å². The van der Waals surface area contributed by atoms with Crippen LogP contribution in [0.25, 0.3) is 10.9 Å². The van der Waals surface area contributed by atoms with Gasteiger partial charge in [-0.3, -0.25) is 9.80 Å². The zero-order chi connectivity index (χ0) is 19.7. The SMILES string of the molecule is CN(C)[C@]1(c2ccccc2)CCN(Cc2ccc3cccc(F)c3n2)C[C@H]1O. The highest BCUT2D eigenvalue weighted by Crippen LogP contribution is 2.37. The summed E-state index contributed by atoms with van der Waals surface area (Å²) in [5.41, 5.74) is 1.96. The fourth-order valence-corrected chi connectivity index (χ4v) is 4.44. The molecule has 2 heterocycles. The quantitative estimate of drug-likeness (QED) is 0.754.